The molecule has 0 saturated heterocycles. The number of hydrogen-bond acceptors (Lipinski definition) is 7. The van der Waals surface area contributed by atoms with E-state index in [0.717, 1.165) is 0 Å². The minimum Gasteiger partial charge on any atom is -0.453 e. The Morgan fingerprint density at radius 2 is 2.12 bits per heavy atom. The van der Waals surface area contributed by atoms with Crippen molar-refractivity contribution >= 4 is 18.9 Å². The average molecular weight is 345 g/mol. The van der Waals surface area contributed by atoms with Gasteiger partial charge in [0.1, 0.15) is 23.6 Å². The highest BCUT2D eigenvalue weighted by Crippen LogP contribution is 2.48. The van der Waals surface area contributed by atoms with Gasteiger partial charge in [-0.05, 0) is 24.3 Å². The molecule has 0 amide bonds. The zero-order chi connectivity index (χ0) is 17.2. The van der Waals surface area contributed by atoms with Crippen LogP contribution in [0.1, 0.15) is 0 Å². The summed E-state index contributed by atoms with van der Waals surface area (Å²) in [6.45, 7) is -0.221. The van der Waals surface area contributed by atoms with Crippen LogP contribution < -0.4 is 9.95 Å². The van der Waals surface area contributed by atoms with E-state index in [0.29, 0.717) is 22.6 Å². The minimum atomic E-state index is -3.83. The van der Waals surface area contributed by atoms with Crippen LogP contribution in [0.3, 0.4) is 0 Å². The number of phosphoric acid groups is 1. The molecule has 1 aromatic rings. The lowest BCUT2D eigenvalue weighted by atomic mass is 10.2. The van der Waals surface area contributed by atoms with E-state index in [9.17, 15) is 9.36 Å². The first-order chi connectivity index (χ1) is 11.5. The fraction of sp³-hybridized carbons (Fsp3) is 0.125. The summed E-state index contributed by atoms with van der Waals surface area (Å²) in [5.41, 5.74) is 1.26. The lowest BCUT2D eigenvalue weighted by Gasteiger charge is -2.15. The van der Waals surface area contributed by atoms with Crippen LogP contribution in [0.5, 0.6) is 5.75 Å². The fourth-order valence-electron chi connectivity index (χ4n) is 2.00. The molecule has 1 aromatic carbocycles. The van der Waals surface area contributed by atoms with Crippen LogP contribution in [0.25, 0.3) is 22.6 Å². The maximum Gasteiger partial charge on any atom is 0.530 e. The van der Waals surface area contributed by atoms with E-state index >= 15 is 0 Å². The summed E-state index contributed by atoms with van der Waals surface area (Å²) >= 11 is 0. The van der Waals surface area contributed by atoms with Crippen LogP contribution in [-0.4, -0.2) is 18.7 Å². The third kappa shape index (κ3) is 3.31. The van der Waals surface area contributed by atoms with Crippen molar-refractivity contribution in [2.75, 3.05) is 13.7 Å². The van der Waals surface area contributed by atoms with Crippen molar-refractivity contribution in [3.63, 3.8) is 0 Å². The van der Waals surface area contributed by atoms with Crippen molar-refractivity contribution in [3.8, 4) is 29.5 Å². The van der Waals surface area contributed by atoms with Gasteiger partial charge in [-0.15, -0.1) is 6.42 Å². The zero-order valence-corrected chi connectivity index (χ0v) is 13.5. The molecular formula is C16H12NO6P. The fourth-order valence-corrected chi connectivity index (χ4v) is 2.84. The van der Waals surface area contributed by atoms with Gasteiger partial charge in [0.05, 0.1) is 0 Å². The number of terminal acetylenes is 1. The monoisotopic (exact) mass is 345 g/mol. The molecule has 8 heteroatoms. The van der Waals surface area contributed by atoms with Gasteiger partial charge in [0.2, 0.25) is 0 Å². The van der Waals surface area contributed by atoms with Crippen molar-refractivity contribution < 1.29 is 22.6 Å². The Balaban J connectivity index is 2.00. The molecule has 0 bridgehead atoms. The molecule has 0 spiro atoms. The molecule has 1 unspecified atom stereocenters. The van der Waals surface area contributed by atoms with E-state index in [1.165, 1.54) is 25.3 Å². The highest BCUT2D eigenvalue weighted by molar-refractivity contribution is 7.48. The third-order valence-corrected chi connectivity index (χ3v) is 4.40. The zero-order valence-electron chi connectivity index (χ0n) is 12.6. The Morgan fingerprint density at radius 1 is 1.29 bits per heavy atom. The lowest BCUT2D eigenvalue weighted by Crippen LogP contribution is -2.01. The second-order valence-corrected chi connectivity index (χ2v) is 6.37. The largest absolute Gasteiger partial charge is 0.530 e. The predicted octanol–water partition coefficient (Wildman–Crippen LogP) is 3.08. The van der Waals surface area contributed by atoms with Gasteiger partial charge in [-0.3, -0.25) is 13.8 Å². The normalized spacial score (nSPS) is 13.5. The third-order valence-electron chi connectivity index (χ3n) is 3.07. The first-order valence-electron chi connectivity index (χ1n) is 6.81. The van der Waals surface area contributed by atoms with Crippen LogP contribution in [0, 0.1) is 12.3 Å². The van der Waals surface area contributed by atoms with Gasteiger partial charge >= 0.3 is 7.82 Å². The molecule has 0 fully saturated rings. The van der Waals surface area contributed by atoms with Gasteiger partial charge < -0.3 is 8.94 Å². The Kier molecular flexibility index (Phi) is 4.36. The lowest BCUT2D eigenvalue weighted by molar-refractivity contribution is 0.197. The average Bonchev–Trinajstić information content (AvgIpc) is 2.58. The Bertz CT molecular complexity index is 1010. The molecule has 0 N–H and O–H groups in total. The first kappa shape index (κ1) is 16.2. The number of nitrogens with zero attached hydrogens (tertiary/aromatic N) is 1. The van der Waals surface area contributed by atoms with Crippen LogP contribution in [-0.2, 0) is 13.6 Å². The van der Waals surface area contributed by atoms with Crippen molar-refractivity contribution in [2.24, 2.45) is 0 Å². The number of phosphoric ester groups is 1. The van der Waals surface area contributed by atoms with Gasteiger partial charge in [-0.25, -0.2) is 9.55 Å². The smallest absolute Gasteiger partial charge is 0.453 e. The van der Waals surface area contributed by atoms with Crippen LogP contribution in [0.2, 0.25) is 0 Å². The van der Waals surface area contributed by atoms with Gasteiger partial charge in [-0.1, -0.05) is 5.92 Å². The highest BCUT2D eigenvalue weighted by atomic mass is 31.2. The number of aromatic nitrogens is 1. The van der Waals surface area contributed by atoms with Crippen LogP contribution in [0.15, 0.2) is 45.6 Å². The second kappa shape index (κ2) is 6.46. The van der Waals surface area contributed by atoms with Crippen molar-refractivity contribution in [1.82, 2.24) is 4.98 Å². The molecule has 2 aliphatic rings. The molecular weight excluding hydrogens is 333 g/mol. The standard InChI is InChI=1S/C16H12NO6P/c1-3-8-21-24(19,20-2)23-12-5-7-14-16(10-12)22-15-9-11(18)4-6-13(15)17-14/h1,4-7,9-10H,8H2,2H3. The van der Waals surface area contributed by atoms with E-state index in [2.05, 4.69) is 10.9 Å². The molecule has 24 heavy (non-hydrogen) atoms. The minimum absolute atomic E-state index is 0.188. The topological polar surface area (TPSA) is 87.9 Å². The molecule has 1 aliphatic carbocycles. The maximum atomic E-state index is 12.3. The quantitative estimate of drug-likeness (QED) is 0.399. The summed E-state index contributed by atoms with van der Waals surface area (Å²) < 4.78 is 32.9. The van der Waals surface area contributed by atoms with E-state index in [1.807, 2.05) is 0 Å². The van der Waals surface area contributed by atoms with Gasteiger partial charge in [0, 0.05) is 19.2 Å². The molecule has 122 valence electrons. The van der Waals surface area contributed by atoms with Crippen LogP contribution in [0.4, 0.5) is 0 Å². The first-order valence-corrected chi connectivity index (χ1v) is 8.27. The summed E-state index contributed by atoms with van der Waals surface area (Å²) in [7, 11) is -2.64. The van der Waals surface area contributed by atoms with Crippen LogP contribution >= 0.6 is 7.82 Å². The predicted molar refractivity (Wildman–Crippen MR) is 86.9 cm³/mol. The second-order valence-electron chi connectivity index (χ2n) is 4.67. The molecule has 0 radical (unpaired) electrons. The summed E-state index contributed by atoms with van der Waals surface area (Å²) in [6, 6.07) is 8.97. The van der Waals surface area contributed by atoms with E-state index in [4.69, 9.17) is 24.4 Å². The molecule has 0 aromatic heterocycles. The maximum absolute atomic E-state index is 12.3. The number of hydrogen-bond donors (Lipinski definition) is 0. The van der Waals surface area contributed by atoms with E-state index in [1.54, 1.807) is 18.2 Å². The number of benzene rings is 2. The number of rotatable bonds is 5. The molecule has 1 heterocycles. The summed E-state index contributed by atoms with van der Waals surface area (Å²) in [5.74, 6) is 2.71. The van der Waals surface area contributed by atoms with Gasteiger partial charge in [-0.2, -0.15) is 0 Å². The van der Waals surface area contributed by atoms with Crippen molar-refractivity contribution in [3.05, 3.63) is 46.6 Å². The molecule has 1 atom stereocenters. The van der Waals surface area contributed by atoms with Gasteiger partial charge in [0.25, 0.3) is 0 Å². The Hall–Kier alpha value is -2.65. The van der Waals surface area contributed by atoms with Crippen molar-refractivity contribution in [1.29, 1.82) is 0 Å². The summed E-state index contributed by atoms with van der Waals surface area (Å²) in [4.78, 5) is 15.8. The molecule has 3 rings (SSSR count). The van der Waals surface area contributed by atoms with Crippen molar-refractivity contribution in [2.45, 2.75) is 0 Å². The SMILES string of the molecule is C#CCOP(=O)(OC)Oc1ccc2nc3ccc(=O)cc-3oc2c1. The van der Waals surface area contributed by atoms with E-state index < -0.39 is 7.82 Å². The van der Waals surface area contributed by atoms with E-state index in [-0.39, 0.29) is 17.8 Å². The Labute approximate surface area is 137 Å². The highest BCUT2D eigenvalue weighted by Gasteiger charge is 2.26. The Morgan fingerprint density at radius 3 is 2.88 bits per heavy atom. The summed E-state index contributed by atoms with van der Waals surface area (Å²) in [5, 5.41) is 0. The molecule has 7 nitrogen and oxygen atoms in total. The molecule has 1 aliphatic heterocycles. The summed E-state index contributed by atoms with van der Waals surface area (Å²) in [6.07, 6.45) is 5.07. The van der Waals surface area contributed by atoms with Gasteiger partial charge in [0.15, 0.2) is 16.8 Å². The molecule has 0 saturated carbocycles. The number of fused-ring (bicyclic) bond motifs is 2.